The van der Waals surface area contributed by atoms with Crippen LogP contribution in [0, 0.1) is 20.8 Å². The lowest BCUT2D eigenvalue weighted by Crippen LogP contribution is -2.43. The van der Waals surface area contributed by atoms with E-state index in [4.69, 9.17) is 11.6 Å². The van der Waals surface area contributed by atoms with Gasteiger partial charge in [-0.25, -0.2) is 4.90 Å². The molecule has 30 heavy (non-hydrogen) atoms. The number of nitrogens with zero attached hydrogens (tertiary/aromatic N) is 4. The van der Waals surface area contributed by atoms with Crippen LogP contribution in [-0.2, 0) is 14.4 Å². The number of carbonyl (C=O) groups is 3. The number of hydrogen-bond acceptors (Lipinski definition) is 6. The van der Waals surface area contributed by atoms with Crippen molar-refractivity contribution in [3.05, 3.63) is 58.1 Å². The second-order valence-corrected chi connectivity index (χ2v) is 7.92. The minimum absolute atomic E-state index is 0.212. The number of amides is 3. The summed E-state index contributed by atoms with van der Waals surface area (Å²) in [7, 11) is 0. The van der Waals surface area contributed by atoms with Crippen LogP contribution in [0.4, 0.5) is 11.4 Å². The minimum atomic E-state index is -0.945. The average molecular weight is 426 g/mol. The summed E-state index contributed by atoms with van der Waals surface area (Å²) in [4.78, 5) is 39.5. The summed E-state index contributed by atoms with van der Waals surface area (Å²) in [6.07, 6.45) is 0. The monoisotopic (exact) mass is 425 g/mol. The van der Waals surface area contributed by atoms with Crippen LogP contribution in [0.2, 0.25) is 5.02 Å². The van der Waals surface area contributed by atoms with Gasteiger partial charge in [0.2, 0.25) is 5.91 Å². The number of anilines is 2. The van der Waals surface area contributed by atoms with Crippen molar-refractivity contribution >= 4 is 40.7 Å². The molecule has 2 aliphatic rings. The van der Waals surface area contributed by atoms with Crippen LogP contribution in [-0.4, -0.2) is 41.4 Å². The molecule has 2 heterocycles. The second-order valence-electron chi connectivity index (χ2n) is 7.48. The molecule has 0 aliphatic carbocycles. The Morgan fingerprint density at radius 2 is 1.77 bits per heavy atom. The maximum atomic E-state index is 13.0. The fraction of sp³-hybridized carbons (Fsp3) is 0.286. The molecule has 9 heteroatoms. The van der Waals surface area contributed by atoms with Crippen molar-refractivity contribution in [2.75, 3.05) is 16.8 Å². The first-order chi connectivity index (χ1) is 14.3. The fourth-order valence-electron chi connectivity index (χ4n) is 3.54. The van der Waals surface area contributed by atoms with Gasteiger partial charge in [-0.2, -0.15) is 5.11 Å². The van der Waals surface area contributed by atoms with Crippen molar-refractivity contribution in [1.82, 2.24) is 5.01 Å². The van der Waals surface area contributed by atoms with Crippen LogP contribution < -0.4 is 10.2 Å². The molecule has 2 aliphatic heterocycles. The number of rotatable bonds is 4. The molecule has 0 saturated carbocycles. The van der Waals surface area contributed by atoms with E-state index in [1.807, 2.05) is 26.8 Å². The Bertz CT molecular complexity index is 1100. The molecule has 0 radical (unpaired) electrons. The maximum absolute atomic E-state index is 13.0. The highest BCUT2D eigenvalue weighted by molar-refractivity contribution is 6.31. The van der Waals surface area contributed by atoms with E-state index < -0.39 is 23.9 Å². The number of hydrogen-bond donors (Lipinski definition) is 1. The van der Waals surface area contributed by atoms with Gasteiger partial charge < -0.3 is 5.32 Å². The van der Waals surface area contributed by atoms with Crippen molar-refractivity contribution in [3.8, 4) is 0 Å². The number of benzene rings is 2. The number of halogens is 1. The van der Waals surface area contributed by atoms with Gasteiger partial charge in [0, 0.05) is 10.7 Å². The van der Waals surface area contributed by atoms with Crippen LogP contribution >= 0.6 is 11.6 Å². The molecule has 3 amide bonds. The van der Waals surface area contributed by atoms with Crippen molar-refractivity contribution in [2.45, 2.75) is 32.9 Å². The third kappa shape index (κ3) is 3.43. The highest BCUT2D eigenvalue weighted by Gasteiger charge is 2.55. The van der Waals surface area contributed by atoms with Crippen molar-refractivity contribution in [1.29, 1.82) is 0 Å². The largest absolute Gasteiger partial charge is 0.324 e. The molecule has 1 fully saturated rings. The van der Waals surface area contributed by atoms with Gasteiger partial charge in [0.1, 0.15) is 6.54 Å². The normalized spacial score (nSPS) is 20.1. The SMILES string of the molecule is Cc1ccc(N2C(=O)C3N=NN(CC(=O)Nc4cc(Cl)ccc4C)C3C2=O)cc1C. The molecular formula is C21H20ClN5O3. The van der Waals surface area contributed by atoms with Crippen LogP contribution in [0.1, 0.15) is 16.7 Å². The van der Waals surface area contributed by atoms with E-state index in [1.54, 1.807) is 30.3 Å². The lowest BCUT2D eigenvalue weighted by Gasteiger charge is -2.21. The van der Waals surface area contributed by atoms with E-state index in [1.165, 1.54) is 5.01 Å². The number of carbonyl (C=O) groups excluding carboxylic acids is 3. The van der Waals surface area contributed by atoms with E-state index in [9.17, 15) is 14.4 Å². The summed E-state index contributed by atoms with van der Waals surface area (Å²) in [5.74, 6) is -1.26. The molecule has 0 aromatic heterocycles. The van der Waals surface area contributed by atoms with Gasteiger partial charge in [-0.05, 0) is 61.7 Å². The molecular weight excluding hydrogens is 406 g/mol. The first-order valence-corrected chi connectivity index (χ1v) is 9.82. The Balaban J connectivity index is 1.51. The summed E-state index contributed by atoms with van der Waals surface area (Å²) in [5.41, 5.74) is 3.95. The van der Waals surface area contributed by atoms with Gasteiger partial charge in [0.25, 0.3) is 11.8 Å². The third-order valence-corrected chi connectivity index (χ3v) is 5.62. The summed E-state index contributed by atoms with van der Waals surface area (Å²) < 4.78 is 0. The quantitative estimate of drug-likeness (QED) is 0.761. The smallest absolute Gasteiger partial charge is 0.263 e. The summed E-state index contributed by atoms with van der Waals surface area (Å²) in [5, 5.41) is 12.4. The molecule has 2 aromatic carbocycles. The number of aryl methyl sites for hydroxylation is 3. The fourth-order valence-corrected chi connectivity index (χ4v) is 3.71. The Morgan fingerprint density at radius 3 is 2.50 bits per heavy atom. The molecule has 2 unspecified atom stereocenters. The zero-order valence-corrected chi connectivity index (χ0v) is 17.5. The maximum Gasteiger partial charge on any atom is 0.263 e. The Labute approximate surface area is 178 Å². The molecule has 0 spiro atoms. The Hall–Kier alpha value is -3.26. The average Bonchev–Trinajstić information content (AvgIpc) is 3.21. The van der Waals surface area contributed by atoms with Crippen LogP contribution in [0.15, 0.2) is 46.7 Å². The van der Waals surface area contributed by atoms with Crippen molar-refractivity contribution in [3.63, 3.8) is 0 Å². The molecule has 8 nitrogen and oxygen atoms in total. The first kappa shape index (κ1) is 20.0. The predicted molar refractivity (Wildman–Crippen MR) is 112 cm³/mol. The zero-order chi connectivity index (χ0) is 21.6. The standard InChI is InChI=1S/C21H20ClN5O3/c1-11-5-7-15(8-13(11)3)27-20(29)18-19(21(27)30)26(25-24-18)10-17(28)23-16-9-14(22)6-4-12(16)2/h4-9,18-19H,10H2,1-3H3,(H,23,28). The predicted octanol–water partition coefficient (Wildman–Crippen LogP) is 3.20. The molecule has 4 rings (SSSR count). The Morgan fingerprint density at radius 1 is 1.03 bits per heavy atom. The van der Waals surface area contributed by atoms with Gasteiger partial charge in [-0.1, -0.05) is 29.0 Å². The van der Waals surface area contributed by atoms with Gasteiger partial charge in [-0.15, -0.1) is 0 Å². The van der Waals surface area contributed by atoms with Gasteiger partial charge in [-0.3, -0.25) is 19.4 Å². The van der Waals surface area contributed by atoms with Crippen molar-refractivity contribution < 1.29 is 14.4 Å². The molecule has 2 atom stereocenters. The third-order valence-electron chi connectivity index (χ3n) is 5.39. The lowest BCUT2D eigenvalue weighted by atomic mass is 10.1. The number of imide groups is 1. The van der Waals surface area contributed by atoms with E-state index >= 15 is 0 Å². The topological polar surface area (TPSA) is 94.4 Å². The summed E-state index contributed by atoms with van der Waals surface area (Å²) >= 11 is 5.99. The van der Waals surface area contributed by atoms with E-state index in [2.05, 4.69) is 15.7 Å². The molecule has 154 valence electrons. The highest BCUT2D eigenvalue weighted by atomic mass is 35.5. The molecule has 1 N–H and O–H groups in total. The van der Waals surface area contributed by atoms with Crippen LogP contribution in [0.25, 0.3) is 0 Å². The van der Waals surface area contributed by atoms with E-state index in [-0.39, 0.29) is 12.5 Å². The van der Waals surface area contributed by atoms with Gasteiger partial charge in [0.15, 0.2) is 12.1 Å². The van der Waals surface area contributed by atoms with Crippen LogP contribution in [0.3, 0.4) is 0 Å². The molecule has 2 aromatic rings. The minimum Gasteiger partial charge on any atom is -0.324 e. The van der Waals surface area contributed by atoms with E-state index in [0.717, 1.165) is 21.6 Å². The first-order valence-electron chi connectivity index (χ1n) is 9.45. The number of nitrogens with one attached hydrogen (secondary N) is 1. The van der Waals surface area contributed by atoms with E-state index in [0.29, 0.717) is 16.4 Å². The zero-order valence-electron chi connectivity index (χ0n) is 16.7. The van der Waals surface area contributed by atoms with Crippen molar-refractivity contribution in [2.24, 2.45) is 10.3 Å². The Kier molecular flexibility index (Phi) is 5.03. The summed E-state index contributed by atoms with van der Waals surface area (Å²) in [6.45, 7) is 5.51. The van der Waals surface area contributed by atoms with Gasteiger partial charge >= 0.3 is 0 Å². The molecule has 0 bridgehead atoms. The van der Waals surface area contributed by atoms with Crippen LogP contribution in [0.5, 0.6) is 0 Å². The lowest BCUT2D eigenvalue weighted by molar-refractivity contribution is -0.123. The van der Waals surface area contributed by atoms with Gasteiger partial charge in [0.05, 0.1) is 5.69 Å². The highest BCUT2D eigenvalue weighted by Crippen LogP contribution is 2.32. The molecule has 1 saturated heterocycles. The summed E-state index contributed by atoms with van der Waals surface area (Å²) in [6, 6.07) is 8.69. The second kappa shape index (κ2) is 7.53. The number of fused-ring (bicyclic) bond motifs is 1.